The summed E-state index contributed by atoms with van der Waals surface area (Å²) in [5.74, 6) is -1.27. The van der Waals surface area contributed by atoms with Crippen molar-refractivity contribution in [3.63, 3.8) is 0 Å². The second-order valence-corrected chi connectivity index (χ2v) is 7.64. The molecule has 2 amide bonds. The summed E-state index contributed by atoms with van der Waals surface area (Å²) in [7, 11) is 2.89. The predicted molar refractivity (Wildman–Crippen MR) is 117 cm³/mol. The first-order chi connectivity index (χ1) is 15.5. The molecule has 2 aromatic carbocycles. The number of nitrogens with zero attached hydrogens (tertiary/aromatic N) is 2. The Morgan fingerprint density at radius 2 is 1.76 bits per heavy atom. The van der Waals surface area contributed by atoms with Gasteiger partial charge >= 0.3 is 6.18 Å². The summed E-state index contributed by atoms with van der Waals surface area (Å²) >= 11 is 12.1. The van der Waals surface area contributed by atoms with E-state index in [0.29, 0.717) is 0 Å². The smallest absolute Gasteiger partial charge is 0.416 e. The summed E-state index contributed by atoms with van der Waals surface area (Å²) in [5.41, 5.74) is -0.906. The standard InChI is InChI=1S/C21H17Cl2F3N4O3/c1-30-10-13(20(32)27-9-11-5-3-4-6-14(11)21(24,25)26)18(29-30)28-19(31)12-7-15(22)17(33-2)16(23)8-12/h3-8,10H,9H2,1-2H3,(H,27,32)(H,28,29,31). The van der Waals surface area contributed by atoms with Crippen LogP contribution in [0.5, 0.6) is 5.75 Å². The third kappa shape index (κ3) is 5.58. The van der Waals surface area contributed by atoms with E-state index in [0.717, 1.165) is 6.07 Å². The van der Waals surface area contributed by atoms with E-state index in [-0.39, 0.29) is 44.8 Å². The molecular weight excluding hydrogens is 484 g/mol. The first kappa shape index (κ1) is 24.4. The highest BCUT2D eigenvalue weighted by Crippen LogP contribution is 2.34. The molecule has 0 saturated carbocycles. The zero-order chi connectivity index (χ0) is 24.3. The summed E-state index contributed by atoms with van der Waals surface area (Å²) in [6, 6.07) is 7.57. The summed E-state index contributed by atoms with van der Waals surface area (Å²) in [4.78, 5) is 25.3. The number of carbonyl (C=O) groups excluding carboxylic acids is 2. The molecule has 0 aliphatic carbocycles. The quantitative estimate of drug-likeness (QED) is 0.502. The SMILES string of the molecule is COc1c(Cl)cc(C(=O)Nc2nn(C)cc2C(=O)NCc2ccccc2C(F)(F)F)cc1Cl. The van der Waals surface area contributed by atoms with E-state index in [1.807, 2.05) is 0 Å². The third-order valence-electron chi connectivity index (χ3n) is 4.53. The highest BCUT2D eigenvalue weighted by atomic mass is 35.5. The van der Waals surface area contributed by atoms with Gasteiger partial charge in [0.05, 0.1) is 22.7 Å². The van der Waals surface area contributed by atoms with Gasteiger partial charge in [0.15, 0.2) is 11.6 Å². The largest absolute Gasteiger partial charge is 0.494 e. The minimum Gasteiger partial charge on any atom is -0.494 e. The molecule has 0 fully saturated rings. The Kier molecular flexibility index (Phi) is 7.19. The number of benzene rings is 2. The number of carbonyl (C=O) groups is 2. The molecule has 174 valence electrons. The number of aromatic nitrogens is 2. The number of nitrogens with one attached hydrogen (secondary N) is 2. The number of halogens is 5. The fraction of sp³-hybridized carbons (Fsp3) is 0.190. The van der Waals surface area contributed by atoms with Crippen LogP contribution in [0.2, 0.25) is 10.0 Å². The number of anilines is 1. The number of amides is 2. The van der Waals surface area contributed by atoms with Crippen LogP contribution in [-0.4, -0.2) is 28.7 Å². The van der Waals surface area contributed by atoms with E-state index in [1.165, 1.54) is 55.4 Å². The van der Waals surface area contributed by atoms with Crippen molar-refractivity contribution < 1.29 is 27.5 Å². The number of hydrogen-bond acceptors (Lipinski definition) is 4. The molecule has 0 bridgehead atoms. The van der Waals surface area contributed by atoms with Crippen molar-refractivity contribution in [3.8, 4) is 5.75 Å². The second kappa shape index (κ2) is 9.72. The first-order valence-corrected chi connectivity index (χ1v) is 10.1. The number of rotatable bonds is 6. The average Bonchev–Trinajstić information content (AvgIpc) is 3.11. The van der Waals surface area contributed by atoms with Crippen molar-refractivity contribution in [1.82, 2.24) is 15.1 Å². The summed E-state index contributed by atoms with van der Waals surface area (Å²) in [5, 5.41) is 9.17. The van der Waals surface area contributed by atoms with Crippen molar-refractivity contribution in [2.45, 2.75) is 12.7 Å². The van der Waals surface area contributed by atoms with E-state index < -0.39 is 23.6 Å². The van der Waals surface area contributed by atoms with Crippen molar-refractivity contribution >= 4 is 40.8 Å². The Bertz CT molecular complexity index is 1190. The lowest BCUT2D eigenvalue weighted by Crippen LogP contribution is -2.25. The number of ether oxygens (including phenoxy) is 1. The molecule has 33 heavy (non-hydrogen) atoms. The van der Waals surface area contributed by atoms with Crippen LogP contribution in [0.1, 0.15) is 31.8 Å². The minimum absolute atomic E-state index is 0.0407. The molecular formula is C21H17Cl2F3N4O3. The molecule has 0 aliphatic heterocycles. The van der Waals surface area contributed by atoms with Crippen LogP contribution in [0.25, 0.3) is 0 Å². The molecule has 2 N–H and O–H groups in total. The van der Waals surface area contributed by atoms with Crippen molar-refractivity contribution in [2.24, 2.45) is 7.05 Å². The van der Waals surface area contributed by atoms with Gasteiger partial charge in [-0.1, -0.05) is 41.4 Å². The fourth-order valence-corrected chi connectivity index (χ4v) is 3.68. The monoisotopic (exact) mass is 500 g/mol. The van der Waals surface area contributed by atoms with Gasteiger partial charge in [0.2, 0.25) is 0 Å². The molecule has 1 aromatic heterocycles. The molecule has 0 unspecified atom stereocenters. The van der Waals surface area contributed by atoms with Gasteiger partial charge in [0, 0.05) is 25.4 Å². The van der Waals surface area contributed by atoms with E-state index >= 15 is 0 Å². The fourth-order valence-electron chi connectivity index (χ4n) is 3.03. The molecule has 0 saturated heterocycles. The van der Waals surface area contributed by atoms with Crippen molar-refractivity contribution in [1.29, 1.82) is 0 Å². The average molecular weight is 501 g/mol. The van der Waals surface area contributed by atoms with E-state index in [9.17, 15) is 22.8 Å². The lowest BCUT2D eigenvalue weighted by molar-refractivity contribution is -0.138. The number of alkyl halides is 3. The normalized spacial score (nSPS) is 11.2. The van der Waals surface area contributed by atoms with Gasteiger partial charge in [0.25, 0.3) is 11.8 Å². The maximum absolute atomic E-state index is 13.2. The van der Waals surface area contributed by atoms with E-state index in [1.54, 1.807) is 0 Å². The van der Waals surface area contributed by atoms with E-state index in [4.69, 9.17) is 27.9 Å². The topological polar surface area (TPSA) is 85.2 Å². The molecule has 0 spiro atoms. The van der Waals surface area contributed by atoms with Gasteiger partial charge in [-0.15, -0.1) is 0 Å². The lowest BCUT2D eigenvalue weighted by atomic mass is 10.1. The van der Waals surface area contributed by atoms with Gasteiger partial charge in [-0.25, -0.2) is 0 Å². The molecule has 12 heteroatoms. The van der Waals surface area contributed by atoms with Crippen molar-refractivity contribution in [3.05, 3.63) is 74.9 Å². The Morgan fingerprint density at radius 3 is 2.36 bits per heavy atom. The van der Waals surface area contributed by atoms with Gasteiger partial charge < -0.3 is 15.4 Å². The van der Waals surface area contributed by atoms with Gasteiger partial charge in [-0.2, -0.15) is 18.3 Å². The predicted octanol–water partition coefficient (Wildman–Crippen LogP) is 4.94. The van der Waals surface area contributed by atoms with Crippen LogP contribution in [0.3, 0.4) is 0 Å². The van der Waals surface area contributed by atoms with E-state index in [2.05, 4.69) is 15.7 Å². The summed E-state index contributed by atoms with van der Waals surface area (Å²) < 4.78 is 45.8. The number of aryl methyl sites for hydroxylation is 1. The molecule has 7 nitrogen and oxygen atoms in total. The Morgan fingerprint density at radius 1 is 1.12 bits per heavy atom. The number of methoxy groups -OCH3 is 1. The molecule has 1 heterocycles. The molecule has 0 radical (unpaired) electrons. The highest BCUT2D eigenvalue weighted by molar-refractivity contribution is 6.37. The zero-order valence-electron chi connectivity index (χ0n) is 17.3. The Hall–Kier alpha value is -3.24. The first-order valence-electron chi connectivity index (χ1n) is 9.32. The Balaban J connectivity index is 1.78. The Labute approximate surface area is 196 Å². The highest BCUT2D eigenvalue weighted by Gasteiger charge is 2.33. The summed E-state index contributed by atoms with van der Waals surface area (Å²) in [6.45, 7) is -0.375. The maximum Gasteiger partial charge on any atom is 0.416 e. The molecule has 3 rings (SSSR count). The third-order valence-corrected chi connectivity index (χ3v) is 5.09. The summed E-state index contributed by atoms with van der Waals surface area (Å²) in [6.07, 6.45) is -3.23. The zero-order valence-corrected chi connectivity index (χ0v) is 18.8. The molecule has 3 aromatic rings. The van der Waals surface area contributed by atoms with Crippen LogP contribution < -0.4 is 15.4 Å². The van der Waals surface area contributed by atoms with Gasteiger partial charge in [-0.3, -0.25) is 14.3 Å². The molecule has 0 aliphatic rings. The minimum atomic E-state index is -4.56. The lowest BCUT2D eigenvalue weighted by Gasteiger charge is -2.13. The van der Waals surface area contributed by atoms with Crippen LogP contribution in [-0.2, 0) is 19.8 Å². The van der Waals surface area contributed by atoms with Crippen LogP contribution >= 0.6 is 23.2 Å². The molecule has 0 atom stereocenters. The van der Waals surface area contributed by atoms with Crippen LogP contribution in [0.15, 0.2) is 42.6 Å². The van der Waals surface area contributed by atoms with Gasteiger partial charge in [-0.05, 0) is 23.8 Å². The second-order valence-electron chi connectivity index (χ2n) is 6.83. The van der Waals surface area contributed by atoms with Crippen LogP contribution in [0.4, 0.5) is 19.0 Å². The number of hydrogen-bond donors (Lipinski definition) is 2. The van der Waals surface area contributed by atoms with Gasteiger partial charge in [0.1, 0.15) is 5.56 Å². The van der Waals surface area contributed by atoms with Crippen LogP contribution in [0, 0.1) is 0 Å². The van der Waals surface area contributed by atoms with Crippen molar-refractivity contribution in [2.75, 3.05) is 12.4 Å². The maximum atomic E-state index is 13.2.